The van der Waals surface area contributed by atoms with Crippen molar-refractivity contribution in [3.05, 3.63) is 57.0 Å². The van der Waals surface area contributed by atoms with Gasteiger partial charge < -0.3 is 0 Å². The van der Waals surface area contributed by atoms with Crippen LogP contribution in [0.15, 0.2) is 46.4 Å². The molecule has 0 aliphatic rings. The van der Waals surface area contributed by atoms with Crippen molar-refractivity contribution >= 4 is 45.2 Å². The molecule has 20 heavy (non-hydrogen) atoms. The number of benzene rings is 1. The molecule has 0 aliphatic heterocycles. The monoisotopic (exact) mass is 366 g/mol. The van der Waals surface area contributed by atoms with Gasteiger partial charge in [-0.3, -0.25) is 4.79 Å². The highest BCUT2D eigenvalue weighted by atomic mass is 79.9. The Morgan fingerprint density at radius 1 is 1.30 bits per heavy atom. The molecule has 3 nitrogen and oxygen atoms in total. The predicted molar refractivity (Wildman–Crippen MR) is 85.0 cm³/mol. The number of carbonyl (C=O) groups is 1. The molecule has 0 saturated carbocycles. The fourth-order valence-electron chi connectivity index (χ4n) is 1.86. The minimum atomic E-state index is 0.555. The number of thiophene rings is 1. The first-order chi connectivity index (χ1) is 9.67. The molecule has 0 amide bonds. The lowest BCUT2D eigenvalue weighted by Gasteiger charge is -2.00. The second kappa shape index (κ2) is 5.52. The van der Waals surface area contributed by atoms with E-state index in [0.29, 0.717) is 16.3 Å². The molecule has 0 atom stereocenters. The summed E-state index contributed by atoms with van der Waals surface area (Å²) in [6, 6.07) is 11.2. The lowest BCUT2D eigenvalue weighted by Crippen LogP contribution is -1.94. The van der Waals surface area contributed by atoms with Crippen LogP contribution in [-0.4, -0.2) is 16.1 Å². The Morgan fingerprint density at radius 3 is 2.80 bits per heavy atom. The van der Waals surface area contributed by atoms with Crippen molar-refractivity contribution in [2.24, 2.45) is 0 Å². The molecule has 1 aromatic carbocycles. The third-order valence-corrected chi connectivity index (χ3v) is 4.61. The van der Waals surface area contributed by atoms with Crippen LogP contribution in [0.3, 0.4) is 0 Å². The molecule has 0 aliphatic carbocycles. The molecule has 3 aromatic rings. The summed E-state index contributed by atoms with van der Waals surface area (Å²) in [6.07, 6.45) is 2.53. The first kappa shape index (κ1) is 13.5. The summed E-state index contributed by atoms with van der Waals surface area (Å²) in [5.41, 5.74) is 2.05. The smallest absolute Gasteiger partial charge is 0.153 e. The van der Waals surface area contributed by atoms with Crippen molar-refractivity contribution in [2.75, 3.05) is 0 Å². The zero-order chi connectivity index (χ0) is 14.1. The molecule has 0 saturated heterocycles. The number of aromatic nitrogens is 2. The lowest BCUT2D eigenvalue weighted by atomic mass is 10.2. The fraction of sp³-hybridized carbons (Fsp3) is 0. The topological polar surface area (TPSA) is 34.9 Å². The van der Waals surface area contributed by atoms with Crippen LogP contribution in [0.1, 0.15) is 10.4 Å². The van der Waals surface area contributed by atoms with Crippen LogP contribution in [0, 0.1) is 0 Å². The summed E-state index contributed by atoms with van der Waals surface area (Å²) in [5, 5.41) is 5.12. The SMILES string of the molecule is O=Cc1cn(-c2cccc(Cl)c2)nc1-c1ccc(Br)s1. The predicted octanol–water partition coefficient (Wildman–Crippen LogP) is 4.83. The maximum Gasteiger partial charge on any atom is 0.153 e. The Labute approximate surface area is 132 Å². The van der Waals surface area contributed by atoms with Gasteiger partial charge in [0, 0.05) is 11.2 Å². The number of hydrogen-bond donors (Lipinski definition) is 0. The minimum absolute atomic E-state index is 0.555. The molecular formula is C14H8BrClN2OS. The van der Waals surface area contributed by atoms with Gasteiger partial charge >= 0.3 is 0 Å². The van der Waals surface area contributed by atoms with Crippen LogP contribution in [0.4, 0.5) is 0 Å². The van der Waals surface area contributed by atoms with E-state index in [1.54, 1.807) is 23.0 Å². The van der Waals surface area contributed by atoms with Crippen molar-refractivity contribution in [1.82, 2.24) is 9.78 Å². The van der Waals surface area contributed by atoms with E-state index in [-0.39, 0.29) is 0 Å². The van der Waals surface area contributed by atoms with E-state index >= 15 is 0 Å². The maximum absolute atomic E-state index is 11.2. The quantitative estimate of drug-likeness (QED) is 0.622. The number of aldehydes is 1. The largest absolute Gasteiger partial charge is 0.298 e. The molecule has 0 unspecified atom stereocenters. The molecule has 6 heteroatoms. The third-order valence-electron chi connectivity index (χ3n) is 2.75. The Balaban J connectivity index is 2.11. The summed E-state index contributed by atoms with van der Waals surface area (Å²) < 4.78 is 2.67. The van der Waals surface area contributed by atoms with Gasteiger partial charge in [-0.2, -0.15) is 5.10 Å². The zero-order valence-corrected chi connectivity index (χ0v) is 13.2. The van der Waals surface area contributed by atoms with Gasteiger partial charge in [0.05, 0.1) is 19.9 Å². The Bertz CT molecular complexity index is 781. The van der Waals surface area contributed by atoms with Crippen LogP contribution < -0.4 is 0 Å². The molecule has 0 radical (unpaired) electrons. The van der Waals surface area contributed by atoms with Gasteiger partial charge in [-0.05, 0) is 46.3 Å². The fourth-order valence-corrected chi connectivity index (χ4v) is 3.43. The van der Waals surface area contributed by atoms with Crippen molar-refractivity contribution < 1.29 is 4.79 Å². The second-order valence-corrected chi connectivity index (χ2v) is 6.98. The van der Waals surface area contributed by atoms with Gasteiger partial charge in [0.1, 0.15) is 5.69 Å². The molecule has 3 rings (SSSR count). The second-order valence-electron chi connectivity index (χ2n) is 4.08. The van der Waals surface area contributed by atoms with E-state index < -0.39 is 0 Å². The molecule has 2 aromatic heterocycles. The first-order valence-electron chi connectivity index (χ1n) is 5.74. The van der Waals surface area contributed by atoms with E-state index in [1.807, 2.05) is 24.3 Å². The zero-order valence-electron chi connectivity index (χ0n) is 10.1. The summed E-state index contributed by atoms with van der Waals surface area (Å²) in [5.74, 6) is 0. The van der Waals surface area contributed by atoms with E-state index in [1.165, 1.54) is 11.3 Å². The Kier molecular flexibility index (Phi) is 3.74. The van der Waals surface area contributed by atoms with E-state index in [2.05, 4.69) is 21.0 Å². The number of carbonyl (C=O) groups excluding carboxylic acids is 1. The summed E-state index contributed by atoms with van der Waals surface area (Å²) in [4.78, 5) is 12.2. The summed E-state index contributed by atoms with van der Waals surface area (Å²) >= 11 is 10.9. The molecule has 0 fully saturated rings. The van der Waals surface area contributed by atoms with Crippen molar-refractivity contribution in [3.63, 3.8) is 0 Å². The first-order valence-corrected chi connectivity index (χ1v) is 7.72. The number of halogens is 2. The molecular weight excluding hydrogens is 360 g/mol. The molecule has 0 N–H and O–H groups in total. The average Bonchev–Trinajstić information content (AvgIpc) is 3.04. The van der Waals surface area contributed by atoms with Crippen molar-refractivity contribution in [2.45, 2.75) is 0 Å². The highest BCUT2D eigenvalue weighted by Crippen LogP contribution is 2.32. The highest BCUT2D eigenvalue weighted by molar-refractivity contribution is 9.11. The minimum Gasteiger partial charge on any atom is -0.298 e. The Hall–Kier alpha value is -1.43. The van der Waals surface area contributed by atoms with Crippen molar-refractivity contribution in [1.29, 1.82) is 0 Å². The molecule has 100 valence electrons. The van der Waals surface area contributed by atoms with E-state index in [4.69, 9.17) is 11.6 Å². The van der Waals surface area contributed by atoms with Crippen LogP contribution in [-0.2, 0) is 0 Å². The number of hydrogen-bond acceptors (Lipinski definition) is 3. The van der Waals surface area contributed by atoms with Gasteiger partial charge in [0.2, 0.25) is 0 Å². The van der Waals surface area contributed by atoms with Gasteiger partial charge in [-0.25, -0.2) is 4.68 Å². The standard InChI is InChI=1S/C14H8BrClN2OS/c15-13-5-4-12(20-13)14-9(8-19)7-18(17-14)11-3-1-2-10(16)6-11/h1-8H. The third kappa shape index (κ3) is 2.57. The van der Waals surface area contributed by atoms with Crippen LogP contribution in [0.2, 0.25) is 5.02 Å². The van der Waals surface area contributed by atoms with Crippen molar-refractivity contribution in [3.8, 4) is 16.3 Å². The maximum atomic E-state index is 11.2. The molecule has 2 heterocycles. The summed E-state index contributed by atoms with van der Waals surface area (Å²) in [7, 11) is 0. The number of rotatable bonds is 3. The highest BCUT2D eigenvalue weighted by Gasteiger charge is 2.13. The lowest BCUT2D eigenvalue weighted by molar-refractivity contribution is 0.112. The van der Waals surface area contributed by atoms with Gasteiger partial charge in [0.25, 0.3) is 0 Å². The van der Waals surface area contributed by atoms with Crippen LogP contribution in [0.25, 0.3) is 16.3 Å². The Morgan fingerprint density at radius 2 is 2.15 bits per heavy atom. The van der Waals surface area contributed by atoms with Crippen LogP contribution in [0.5, 0.6) is 0 Å². The average molecular weight is 368 g/mol. The van der Waals surface area contributed by atoms with Gasteiger partial charge in [0.15, 0.2) is 6.29 Å². The summed E-state index contributed by atoms with van der Waals surface area (Å²) in [6.45, 7) is 0. The van der Waals surface area contributed by atoms with Gasteiger partial charge in [-0.15, -0.1) is 11.3 Å². The van der Waals surface area contributed by atoms with E-state index in [9.17, 15) is 4.79 Å². The van der Waals surface area contributed by atoms with Crippen LogP contribution >= 0.6 is 38.9 Å². The molecule has 0 bridgehead atoms. The molecule has 0 spiro atoms. The normalized spacial score (nSPS) is 10.7. The number of nitrogens with zero attached hydrogens (tertiary/aromatic N) is 2. The van der Waals surface area contributed by atoms with E-state index in [0.717, 1.165) is 20.6 Å². The van der Waals surface area contributed by atoms with Gasteiger partial charge in [-0.1, -0.05) is 17.7 Å².